The molecule has 0 aliphatic rings. The van der Waals surface area contributed by atoms with Gasteiger partial charge in [0.25, 0.3) is 10.0 Å². The third kappa shape index (κ3) is 4.54. The van der Waals surface area contributed by atoms with E-state index < -0.39 is 21.7 Å². The van der Waals surface area contributed by atoms with Crippen LogP contribution in [0.4, 0.5) is 10.5 Å². The molecule has 0 fully saturated rings. The molecular weight excluding hydrogens is 460 g/mol. The van der Waals surface area contributed by atoms with Gasteiger partial charge in [0, 0.05) is 37.5 Å². The Kier molecular flexibility index (Phi) is 6.44. The average molecular weight is 481 g/mol. The molecule has 1 aromatic carbocycles. The first kappa shape index (κ1) is 23.5. The molecule has 2 heterocycles. The lowest BCUT2D eigenvalue weighted by Gasteiger charge is -2.14. The Balaban J connectivity index is 2.09. The number of nitrogen functional groups attached to an aromatic ring is 1. The molecule has 1 amide bonds. The van der Waals surface area contributed by atoms with Gasteiger partial charge in [0.2, 0.25) is 0 Å². The summed E-state index contributed by atoms with van der Waals surface area (Å²) in [5.41, 5.74) is 6.70. The number of carbonyl (C=O) groups excluding carboxylic acids is 1. The van der Waals surface area contributed by atoms with Crippen LogP contribution in [0.5, 0.6) is 5.75 Å². The quantitative estimate of drug-likeness (QED) is 0.529. The minimum absolute atomic E-state index is 0.0454. The molecule has 2 aromatic heterocycles. The molecular formula is C20H21ClN4O6S. The Morgan fingerprint density at radius 1 is 1.31 bits per heavy atom. The molecule has 12 heteroatoms. The van der Waals surface area contributed by atoms with Crippen LogP contribution in [0.25, 0.3) is 11.0 Å². The lowest BCUT2D eigenvalue weighted by atomic mass is 10.0. The third-order valence-corrected chi connectivity index (χ3v) is 6.39. The van der Waals surface area contributed by atoms with Crippen molar-refractivity contribution >= 4 is 44.4 Å². The average Bonchev–Trinajstić information content (AvgIpc) is 2.73. The van der Waals surface area contributed by atoms with E-state index in [0.29, 0.717) is 10.9 Å². The fourth-order valence-corrected chi connectivity index (χ4v) is 3.80. The fraction of sp³-hybridized carbons (Fsp3) is 0.250. The molecule has 10 nitrogen and oxygen atoms in total. The highest BCUT2D eigenvalue weighted by Gasteiger charge is 2.20. The van der Waals surface area contributed by atoms with E-state index in [2.05, 4.69) is 9.71 Å². The number of nitrogens with one attached hydrogen (secondary N) is 1. The third-order valence-electron chi connectivity index (χ3n) is 4.77. The number of hydrogen-bond acceptors (Lipinski definition) is 8. The van der Waals surface area contributed by atoms with Gasteiger partial charge in [0.05, 0.1) is 16.4 Å². The van der Waals surface area contributed by atoms with Gasteiger partial charge in [-0.05, 0) is 37.7 Å². The second kappa shape index (κ2) is 8.77. The van der Waals surface area contributed by atoms with E-state index in [1.54, 1.807) is 6.92 Å². The number of ether oxygens (including phenoxy) is 1. The zero-order valence-corrected chi connectivity index (χ0v) is 19.3. The van der Waals surface area contributed by atoms with Gasteiger partial charge in [0.15, 0.2) is 10.8 Å². The zero-order chi connectivity index (χ0) is 23.8. The highest BCUT2D eigenvalue weighted by Crippen LogP contribution is 2.32. The first-order chi connectivity index (χ1) is 14.9. The number of amides is 1. The van der Waals surface area contributed by atoms with E-state index in [1.165, 1.54) is 50.3 Å². The number of fused-ring (bicyclic) bond motifs is 1. The van der Waals surface area contributed by atoms with E-state index in [4.69, 9.17) is 26.5 Å². The SMILES string of the molecule is CNS(=O)(=O)c1ccc(N)c(Cc2c(C)c3cc(Cl)c(OC(=O)N(C)C)cc3oc2=O)n1. The summed E-state index contributed by atoms with van der Waals surface area (Å²) in [5, 5.41) is 0.449. The van der Waals surface area contributed by atoms with Crippen molar-refractivity contribution in [2.24, 2.45) is 0 Å². The summed E-state index contributed by atoms with van der Waals surface area (Å²) >= 11 is 6.27. The van der Waals surface area contributed by atoms with Gasteiger partial charge in [-0.3, -0.25) is 0 Å². The molecule has 0 unspecified atom stereocenters. The number of hydrogen-bond donors (Lipinski definition) is 2. The molecule has 3 aromatic rings. The molecule has 0 atom stereocenters. The highest BCUT2D eigenvalue weighted by atomic mass is 35.5. The van der Waals surface area contributed by atoms with Crippen molar-refractivity contribution < 1.29 is 22.4 Å². The molecule has 0 bridgehead atoms. The number of nitrogens with zero attached hydrogens (tertiary/aromatic N) is 2. The summed E-state index contributed by atoms with van der Waals surface area (Å²) in [4.78, 5) is 29.9. The summed E-state index contributed by atoms with van der Waals surface area (Å²) in [6, 6.07) is 5.57. The van der Waals surface area contributed by atoms with E-state index in [0.717, 1.165) is 0 Å². The highest BCUT2D eigenvalue weighted by molar-refractivity contribution is 7.89. The summed E-state index contributed by atoms with van der Waals surface area (Å²) in [7, 11) is 0.512. The van der Waals surface area contributed by atoms with Crippen LogP contribution < -0.4 is 20.8 Å². The summed E-state index contributed by atoms with van der Waals surface area (Å²) in [5.74, 6) is 0.0454. The van der Waals surface area contributed by atoms with Crippen molar-refractivity contribution in [2.45, 2.75) is 18.4 Å². The Morgan fingerprint density at radius 2 is 2.00 bits per heavy atom. The molecule has 0 spiro atoms. The number of carbonyl (C=O) groups is 1. The van der Waals surface area contributed by atoms with Crippen molar-refractivity contribution in [1.29, 1.82) is 0 Å². The smallest absolute Gasteiger partial charge is 0.414 e. The lowest BCUT2D eigenvalue weighted by molar-refractivity contribution is 0.172. The van der Waals surface area contributed by atoms with Gasteiger partial charge in [0.1, 0.15) is 5.58 Å². The number of sulfonamides is 1. The fourth-order valence-electron chi connectivity index (χ4n) is 2.91. The molecule has 0 radical (unpaired) electrons. The Morgan fingerprint density at radius 3 is 2.62 bits per heavy atom. The van der Waals surface area contributed by atoms with E-state index in [9.17, 15) is 18.0 Å². The number of nitrogens with two attached hydrogens (primary N) is 1. The normalized spacial score (nSPS) is 11.5. The zero-order valence-electron chi connectivity index (χ0n) is 17.7. The standard InChI is InChI=1S/C20H21ClN4O6S/c1-10-11-7-13(21)17(31-20(27)25(3)4)9-16(11)30-19(26)12(10)8-15-14(22)5-6-18(24-15)32(28,29)23-2/h5-7,9,23H,8,22H2,1-4H3. The summed E-state index contributed by atoms with van der Waals surface area (Å²) in [6.45, 7) is 1.70. The van der Waals surface area contributed by atoms with Gasteiger partial charge in [-0.1, -0.05) is 11.6 Å². The maximum absolute atomic E-state index is 12.7. The van der Waals surface area contributed by atoms with Gasteiger partial charge < -0.3 is 19.8 Å². The van der Waals surface area contributed by atoms with Crippen LogP contribution in [-0.4, -0.2) is 45.5 Å². The Hall–Kier alpha value is -3.15. The molecule has 0 aliphatic heterocycles. The van der Waals surface area contributed by atoms with E-state index in [1.807, 2.05) is 0 Å². The van der Waals surface area contributed by atoms with Crippen LogP contribution in [0.3, 0.4) is 0 Å². The van der Waals surface area contributed by atoms with Crippen LogP contribution in [0.15, 0.2) is 38.5 Å². The Labute approximate surface area is 189 Å². The molecule has 3 rings (SSSR count). The molecule has 170 valence electrons. The molecule has 3 N–H and O–H groups in total. The number of pyridine rings is 1. The van der Waals surface area contributed by atoms with Gasteiger partial charge in [-0.25, -0.2) is 27.7 Å². The maximum Gasteiger partial charge on any atom is 0.414 e. The minimum Gasteiger partial charge on any atom is -0.422 e. The number of aromatic nitrogens is 1. The van der Waals surface area contributed by atoms with Crippen molar-refractivity contribution in [3.8, 4) is 5.75 Å². The van der Waals surface area contributed by atoms with Crippen molar-refractivity contribution in [3.63, 3.8) is 0 Å². The minimum atomic E-state index is -3.79. The number of anilines is 1. The number of halogens is 1. The number of benzene rings is 1. The largest absolute Gasteiger partial charge is 0.422 e. The Bertz CT molecular complexity index is 1390. The first-order valence-electron chi connectivity index (χ1n) is 9.28. The van der Waals surface area contributed by atoms with Crippen molar-refractivity contribution in [1.82, 2.24) is 14.6 Å². The second-order valence-corrected chi connectivity index (χ2v) is 9.34. The van der Waals surface area contributed by atoms with Crippen LogP contribution in [0.2, 0.25) is 5.02 Å². The number of aryl methyl sites for hydroxylation is 1. The van der Waals surface area contributed by atoms with Crippen LogP contribution in [0, 0.1) is 6.92 Å². The molecule has 0 saturated carbocycles. The van der Waals surface area contributed by atoms with Gasteiger partial charge >= 0.3 is 11.7 Å². The molecule has 0 aliphatic carbocycles. The summed E-state index contributed by atoms with van der Waals surface area (Å²) < 4.78 is 36.9. The monoisotopic (exact) mass is 480 g/mol. The molecule has 32 heavy (non-hydrogen) atoms. The van der Waals surface area contributed by atoms with Crippen LogP contribution in [0.1, 0.15) is 16.8 Å². The van der Waals surface area contributed by atoms with Crippen LogP contribution in [-0.2, 0) is 16.4 Å². The van der Waals surface area contributed by atoms with E-state index >= 15 is 0 Å². The van der Waals surface area contributed by atoms with Crippen molar-refractivity contribution in [3.05, 3.63) is 56.5 Å². The molecule has 0 saturated heterocycles. The van der Waals surface area contributed by atoms with Gasteiger partial charge in [-0.15, -0.1) is 0 Å². The maximum atomic E-state index is 12.7. The van der Waals surface area contributed by atoms with Gasteiger partial charge in [-0.2, -0.15) is 0 Å². The summed E-state index contributed by atoms with van der Waals surface area (Å²) in [6.07, 6.45) is -0.697. The second-order valence-electron chi connectivity index (χ2n) is 7.10. The predicted molar refractivity (Wildman–Crippen MR) is 120 cm³/mol. The predicted octanol–water partition coefficient (Wildman–Crippen LogP) is 2.29. The number of rotatable bonds is 5. The first-order valence-corrected chi connectivity index (χ1v) is 11.1. The van der Waals surface area contributed by atoms with Crippen LogP contribution >= 0.6 is 11.6 Å². The lowest BCUT2D eigenvalue weighted by Crippen LogP contribution is -2.25. The van der Waals surface area contributed by atoms with Crippen molar-refractivity contribution in [2.75, 3.05) is 26.9 Å². The van der Waals surface area contributed by atoms with E-state index in [-0.39, 0.29) is 44.7 Å². The topological polar surface area (TPSA) is 145 Å².